The van der Waals surface area contributed by atoms with Crippen LogP contribution in [0.3, 0.4) is 0 Å². The summed E-state index contributed by atoms with van der Waals surface area (Å²) in [4.78, 5) is 11.9. The fraction of sp³-hybridized carbons (Fsp3) is 0.286. The molecule has 0 fully saturated rings. The summed E-state index contributed by atoms with van der Waals surface area (Å²) in [7, 11) is 0. The van der Waals surface area contributed by atoms with Gasteiger partial charge in [-0.3, -0.25) is 4.79 Å². The van der Waals surface area contributed by atoms with Crippen molar-refractivity contribution in [3.05, 3.63) is 48.0 Å². The van der Waals surface area contributed by atoms with Crippen molar-refractivity contribution in [2.24, 2.45) is 0 Å². The summed E-state index contributed by atoms with van der Waals surface area (Å²) in [5, 5.41) is 9.17. The van der Waals surface area contributed by atoms with Gasteiger partial charge in [0.05, 0.1) is 6.07 Å². The molecule has 0 bridgehead atoms. The third-order valence-electron chi connectivity index (χ3n) is 2.75. The van der Waals surface area contributed by atoms with Gasteiger partial charge in [0, 0.05) is 6.54 Å². The van der Waals surface area contributed by atoms with Crippen LogP contribution < -0.4 is 0 Å². The third kappa shape index (κ3) is 3.38. The van der Waals surface area contributed by atoms with Gasteiger partial charge in [0.1, 0.15) is 6.04 Å². The maximum atomic E-state index is 12.6. The van der Waals surface area contributed by atoms with E-state index in [0.29, 0.717) is 16.0 Å². The average Bonchev–Trinajstić information content (AvgIpc) is 2.38. The average molecular weight is 282 g/mol. The SMILES string of the molecule is C=CCN(C(=O)C(F)(F)F)[C@@H](C#N)c1ccccc1C. The molecule has 0 aliphatic rings. The molecule has 0 aliphatic heterocycles. The maximum Gasteiger partial charge on any atom is 0.471 e. The Kier molecular flexibility index (Phi) is 4.92. The smallest absolute Gasteiger partial charge is 0.311 e. The monoisotopic (exact) mass is 282 g/mol. The second-order valence-electron chi connectivity index (χ2n) is 4.13. The lowest BCUT2D eigenvalue weighted by molar-refractivity contribution is -0.186. The molecule has 0 N–H and O–H groups in total. The highest BCUT2D eigenvalue weighted by molar-refractivity contribution is 5.82. The standard InChI is InChI=1S/C14H13F3N2O/c1-3-8-19(13(20)14(15,16)17)12(9-18)11-7-5-4-6-10(11)2/h3-7,12H,1,8H2,2H3/t12-/m0/s1. The highest BCUT2D eigenvalue weighted by Gasteiger charge is 2.44. The molecule has 0 unspecified atom stereocenters. The van der Waals surface area contributed by atoms with Crippen LogP contribution in [0.4, 0.5) is 13.2 Å². The minimum absolute atomic E-state index is 0.356. The first-order valence-corrected chi connectivity index (χ1v) is 5.76. The molecule has 0 heterocycles. The lowest BCUT2D eigenvalue weighted by atomic mass is 10.0. The number of alkyl halides is 3. The molecular weight excluding hydrogens is 269 g/mol. The van der Waals surface area contributed by atoms with Gasteiger partial charge in [-0.1, -0.05) is 30.3 Å². The summed E-state index contributed by atoms with van der Waals surface area (Å²) in [5.41, 5.74) is 1.01. The van der Waals surface area contributed by atoms with Gasteiger partial charge in [0.25, 0.3) is 0 Å². The Morgan fingerprint density at radius 3 is 2.55 bits per heavy atom. The summed E-state index contributed by atoms with van der Waals surface area (Å²) < 4.78 is 37.8. The van der Waals surface area contributed by atoms with E-state index in [1.54, 1.807) is 31.2 Å². The number of nitriles is 1. The van der Waals surface area contributed by atoms with E-state index >= 15 is 0 Å². The van der Waals surface area contributed by atoms with Crippen LogP contribution in [0.1, 0.15) is 17.2 Å². The number of aryl methyl sites for hydroxylation is 1. The van der Waals surface area contributed by atoms with Crippen molar-refractivity contribution >= 4 is 5.91 Å². The van der Waals surface area contributed by atoms with Gasteiger partial charge in [-0.2, -0.15) is 18.4 Å². The Hall–Kier alpha value is -2.29. The number of hydrogen-bond donors (Lipinski definition) is 0. The topological polar surface area (TPSA) is 44.1 Å². The predicted octanol–water partition coefficient (Wildman–Crippen LogP) is 3.14. The zero-order valence-electron chi connectivity index (χ0n) is 10.8. The minimum Gasteiger partial charge on any atom is -0.311 e. The number of halogens is 3. The number of rotatable bonds is 4. The Labute approximate surface area is 114 Å². The van der Waals surface area contributed by atoms with E-state index in [4.69, 9.17) is 0 Å². The van der Waals surface area contributed by atoms with Gasteiger partial charge < -0.3 is 4.90 Å². The second-order valence-corrected chi connectivity index (χ2v) is 4.13. The first-order chi connectivity index (χ1) is 9.32. The number of carbonyl (C=O) groups is 1. The molecule has 0 radical (unpaired) electrons. The van der Waals surface area contributed by atoms with Crippen LogP contribution in [0.5, 0.6) is 0 Å². The van der Waals surface area contributed by atoms with Crippen molar-refractivity contribution < 1.29 is 18.0 Å². The maximum absolute atomic E-state index is 12.6. The summed E-state index contributed by atoms with van der Waals surface area (Å²) in [5.74, 6) is -2.05. The third-order valence-corrected chi connectivity index (χ3v) is 2.75. The van der Waals surface area contributed by atoms with Crippen LogP contribution in [0.25, 0.3) is 0 Å². The first-order valence-electron chi connectivity index (χ1n) is 5.76. The van der Waals surface area contributed by atoms with Crippen LogP contribution >= 0.6 is 0 Å². The normalized spacial score (nSPS) is 12.3. The zero-order valence-corrected chi connectivity index (χ0v) is 10.8. The van der Waals surface area contributed by atoms with Crippen molar-refractivity contribution in [2.45, 2.75) is 19.1 Å². The quantitative estimate of drug-likeness (QED) is 0.796. The molecule has 0 aliphatic carbocycles. The zero-order chi connectivity index (χ0) is 15.3. The van der Waals surface area contributed by atoms with Crippen molar-refractivity contribution in [2.75, 3.05) is 6.54 Å². The highest BCUT2D eigenvalue weighted by atomic mass is 19.4. The van der Waals surface area contributed by atoms with Gasteiger partial charge in [-0.05, 0) is 18.1 Å². The van der Waals surface area contributed by atoms with Gasteiger partial charge in [-0.25, -0.2) is 0 Å². The summed E-state index contributed by atoms with van der Waals surface area (Å²) in [6, 6.07) is 6.97. The second kappa shape index (κ2) is 6.24. The lowest BCUT2D eigenvalue weighted by Gasteiger charge is -2.28. The Bertz CT molecular complexity index is 546. The number of carbonyl (C=O) groups excluding carboxylic acids is 1. The van der Waals surface area contributed by atoms with E-state index < -0.39 is 18.1 Å². The summed E-state index contributed by atoms with van der Waals surface area (Å²) in [6.07, 6.45) is -3.87. The number of nitrogens with zero attached hydrogens (tertiary/aromatic N) is 2. The molecule has 20 heavy (non-hydrogen) atoms. The molecule has 0 saturated carbocycles. The summed E-state index contributed by atoms with van der Waals surface area (Å²) >= 11 is 0. The van der Waals surface area contributed by atoms with E-state index in [1.807, 2.05) is 0 Å². The highest BCUT2D eigenvalue weighted by Crippen LogP contribution is 2.28. The van der Waals surface area contributed by atoms with E-state index in [0.717, 1.165) is 6.08 Å². The van der Waals surface area contributed by atoms with Gasteiger partial charge in [0.2, 0.25) is 0 Å². The molecule has 0 saturated heterocycles. The van der Waals surface area contributed by atoms with Crippen molar-refractivity contribution in [1.29, 1.82) is 5.26 Å². The molecule has 1 amide bonds. The van der Waals surface area contributed by atoms with Crippen molar-refractivity contribution in [1.82, 2.24) is 4.90 Å². The fourth-order valence-corrected chi connectivity index (χ4v) is 1.81. The summed E-state index contributed by atoms with van der Waals surface area (Å²) in [6.45, 7) is 4.64. The van der Waals surface area contributed by atoms with E-state index in [1.165, 1.54) is 6.07 Å². The first kappa shape index (κ1) is 15.8. The largest absolute Gasteiger partial charge is 0.471 e. The molecule has 0 aromatic heterocycles. The Morgan fingerprint density at radius 1 is 1.50 bits per heavy atom. The van der Waals surface area contributed by atoms with Crippen LogP contribution in [-0.2, 0) is 4.79 Å². The van der Waals surface area contributed by atoms with Crippen LogP contribution in [0.2, 0.25) is 0 Å². The molecule has 1 aromatic rings. The Balaban J connectivity index is 3.25. The van der Waals surface area contributed by atoms with Crippen LogP contribution in [0.15, 0.2) is 36.9 Å². The number of hydrogen-bond acceptors (Lipinski definition) is 2. The Morgan fingerprint density at radius 2 is 2.10 bits per heavy atom. The predicted molar refractivity (Wildman–Crippen MR) is 67.5 cm³/mol. The molecule has 6 heteroatoms. The van der Waals surface area contributed by atoms with E-state index in [9.17, 15) is 23.2 Å². The van der Waals surface area contributed by atoms with Gasteiger partial charge in [-0.15, -0.1) is 6.58 Å². The van der Waals surface area contributed by atoms with Gasteiger partial charge in [0.15, 0.2) is 0 Å². The lowest BCUT2D eigenvalue weighted by Crippen LogP contribution is -2.43. The van der Waals surface area contributed by atoms with Gasteiger partial charge >= 0.3 is 12.1 Å². The van der Waals surface area contributed by atoms with Crippen LogP contribution in [0, 0.1) is 18.3 Å². The van der Waals surface area contributed by atoms with Crippen LogP contribution in [-0.4, -0.2) is 23.5 Å². The minimum atomic E-state index is -5.03. The van der Waals surface area contributed by atoms with E-state index in [2.05, 4.69) is 6.58 Å². The molecular formula is C14H13F3N2O. The number of amides is 1. The molecule has 0 spiro atoms. The molecule has 1 atom stereocenters. The van der Waals surface area contributed by atoms with Crippen molar-refractivity contribution in [3.63, 3.8) is 0 Å². The molecule has 1 aromatic carbocycles. The van der Waals surface area contributed by atoms with Crippen molar-refractivity contribution in [3.8, 4) is 6.07 Å². The molecule has 106 valence electrons. The fourth-order valence-electron chi connectivity index (χ4n) is 1.81. The molecule has 1 rings (SSSR count). The molecule has 3 nitrogen and oxygen atoms in total. The number of benzene rings is 1. The van der Waals surface area contributed by atoms with E-state index in [-0.39, 0.29) is 6.54 Å².